The number of hydrogen-bond acceptors (Lipinski definition) is 5. The van der Waals surface area contributed by atoms with Crippen LogP contribution in [0.4, 0.5) is 4.79 Å². The van der Waals surface area contributed by atoms with Crippen LogP contribution in [0.25, 0.3) is 6.08 Å². The number of aryl methyl sites for hydroxylation is 1. The monoisotopic (exact) mass is 366 g/mol. The average Bonchev–Trinajstić information content (AvgIpc) is 2.89. The van der Waals surface area contributed by atoms with E-state index in [1.807, 2.05) is 31.2 Å². The van der Waals surface area contributed by atoms with Gasteiger partial charge in [-0.2, -0.15) is 0 Å². The van der Waals surface area contributed by atoms with E-state index in [-0.39, 0.29) is 30.0 Å². The van der Waals surface area contributed by atoms with E-state index < -0.39 is 0 Å². The van der Waals surface area contributed by atoms with Crippen molar-refractivity contribution in [1.82, 2.24) is 4.90 Å². The van der Waals surface area contributed by atoms with Gasteiger partial charge in [0.25, 0.3) is 11.1 Å². The van der Waals surface area contributed by atoms with Crippen LogP contribution in [0.15, 0.2) is 58.4 Å². The number of nitrogens with zero attached hydrogens (tertiary/aromatic N) is 2. The highest BCUT2D eigenvalue weighted by Crippen LogP contribution is 2.32. The number of aromatic hydroxyl groups is 1. The maximum absolute atomic E-state index is 12.4. The number of imide groups is 1. The molecule has 1 heterocycles. The number of benzene rings is 2. The fourth-order valence-corrected chi connectivity index (χ4v) is 3.29. The fraction of sp³-hybridized carbons (Fsp3) is 0.150. The van der Waals surface area contributed by atoms with Crippen molar-refractivity contribution in [3.63, 3.8) is 0 Å². The van der Waals surface area contributed by atoms with Gasteiger partial charge in [-0.3, -0.25) is 19.5 Å². The highest BCUT2D eigenvalue weighted by atomic mass is 32.2. The smallest absolute Gasteiger partial charge is 0.293 e. The van der Waals surface area contributed by atoms with Crippen molar-refractivity contribution in [1.29, 1.82) is 0 Å². The molecular formula is C20H18N2O3S. The zero-order valence-electron chi connectivity index (χ0n) is 14.3. The highest BCUT2D eigenvalue weighted by Gasteiger charge is 2.34. The third-order valence-electron chi connectivity index (χ3n) is 3.87. The van der Waals surface area contributed by atoms with E-state index in [9.17, 15) is 14.7 Å². The summed E-state index contributed by atoms with van der Waals surface area (Å²) in [5.74, 6) is -0.151. The van der Waals surface area contributed by atoms with Crippen molar-refractivity contribution < 1.29 is 14.7 Å². The average molecular weight is 366 g/mol. The molecule has 132 valence electrons. The molecule has 0 saturated carbocycles. The molecule has 0 aliphatic carbocycles. The maximum Gasteiger partial charge on any atom is 0.293 e. The molecule has 1 saturated heterocycles. The number of phenolic OH excluding ortho intramolecular Hbond substituents is 1. The van der Waals surface area contributed by atoms with Crippen LogP contribution in [0.1, 0.15) is 16.7 Å². The van der Waals surface area contributed by atoms with Gasteiger partial charge in [0.2, 0.25) is 0 Å². The van der Waals surface area contributed by atoms with Gasteiger partial charge in [-0.15, -0.1) is 0 Å². The van der Waals surface area contributed by atoms with Crippen LogP contribution in [0.3, 0.4) is 0 Å². The Labute approximate surface area is 156 Å². The predicted octanol–water partition coefficient (Wildman–Crippen LogP) is 3.86. The van der Waals surface area contributed by atoms with Gasteiger partial charge in [-0.05, 0) is 42.5 Å². The quantitative estimate of drug-likeness (QED) is 0.644. The molecular weight excluding hydrogens is 348 g/mol. The molecule has 1 aliphatic heterocycles. The first-order chi connectivity index (χ1) is 12.5. The summed E-state index contributed by atoms with van der Waals surface area (Å²) < 4.78 is 0. The van der Waals surface area contributed by atoms with Crippen LogP contribution in [0, 0.1) is 6.92 Å². The SMILES string of the molecule is Cc1ccc(/C=C2\SC(=O)N(CCN=Cc3ccccc3O)C2=O)cc1. The summed E-state index contributed by atoms with van der Waals surface area (Å²) in [4.78, 5) is 30.3. The second-order valence-corrected chi connectivity index (χ2v) is 6.83. The zero-order valence-corrected chi connectivity index (χ0v) is 15.1. The molecule has 5 nitrogen and oxygen atoms in total. The Hall–Kier alpha value is -2.86. The normalized spacial score (nSPS) is 16.2. The molecule has 0 bridgehead atoms. The van der Waals surface area contributed by atoms with Crippen LogP contribution in [-0.2, 0) is 4.79 Å². The van der Waals surface area contributed by atoms with Crippen molar-refractivity contribution in [3.05, 3.63) is 70.1 Å². The van der Waals surface area contributed by atoms with Gasteiger partial charge in [0.15, 0.2) is 0 Å². The topological polar surface area (TPSA) is 70.0 Å². The Morgan fingerprint density at radius 1 is 1.12 bits per heavy atom. The molecule has 6 heteroatoms. The standard InChI is InChI=1S/C20H18N2O3S/c1-14-6-8-15(9-7-14)12-18-19(24)22(20(25)26-18)11-10-21-13-16-4-2-3-5-17(16)23/h2-9,12-13,23H,10-11H2,1H3/b18-12-,21-13?. The number of thioether (sulfide) groups is 1. The number of rotatable bonds is 5. The van der Waals surface area contributed by atoms with Gasteiger partial charge in [0.05, 0.1) is 11.4 Å². The van der Waals surface area contributed by atoms with E-state index in [1.165, 1.54) is 11.1 Å². The van der Waals surface area contributed by atoms with Crippen LogP contribution in [0.5, 0.6) is 5.75 Å². The highest BCUT2D eigenvalue weighted by molar-refractivity contribution is 8.18. The molecule has 1 N–H and O–H groups in total. The van der Waals surface area contributed by atoms with E-state index >= 15 is 0 Å². The minimum atomic E-state index is -0.293. The summed E-state index contributed by atoms with van der Waals surface area (Å²) in [6.07, 6.45) is 3.27. The van der Waals surface area contributed by atoms with E-state index in [1.54, 1.807) is 30.3 Å². The largest absolute Gasteiger partial charge is 0.507 e. The van der Waals surface area contributed by atoms with Gasteiger partial charge in [-0.25, -0.2) is 0 Å². The van der Waals surface area contributed by atoms with Crippen LogP contribution < -0.4 is 0 Å². The third kappa shape index (κ3) is 4.21. The summed E-state index contributed by atoms with van der Waals surface area (Å²) >= 11 is 0.944. The Kier molecular flexibility index (Phi) is 5.53. The number of amides is 2. The Bertz CT molecular complexity index is 888. The van der Waals surface area contributed by atoms with E-state index in [4.69, 9.17) is 0 Å². The molecule has 2 aromatic carbocycles. The number of carbonyl (C=O) groups excluding carboxylic acids is 2. The lowest BCUT2D eigenvalue weighted by molar-refractivity contribution is -0.122. The molecule has 26 heavy (non-hydrogen) atoms. The number of hydrogen-bond donors (Lipinski definition) is 1. The minimum absolute atomic E-state index is 0.142. The van der Waals surface area contributed by atoms with Crippen molar-refractivity contribution in [2.45, 2.75) is 6.92 Å². The maximum atomic E-state index is 12.4. The third-order valence-corrected chi connectivity index (χ3v) is 4.78. The van der Waals surface area contributed by atoms with Crippen molar-refractivity contribution in [3.8, 4) is 5.75 Å². The first-order valence-corrected chi connectivity index (χ1v) is 8.96. The van der Waals surface area contributed by atoms with Crippen molar-refractivity contribution >= 4 is 35.2 Å². The molecule has 0 aromatic heterocycles. The molecule has 2 amide bonds. The van der Waals surface area contributed by atoms with Gasteiger partial charge < -0.3 is 5.11 Å². The van der Waals surface area contributed by atoms with Crippen LogP contribution in [0.2, 0.25) is 0 Å². The molecule has 0 radical (unpaired) electrons. The van der Waals surface area contributed by atoms with Gasteiger partial charge >= 0.3 is 0 Å². The summed E-state index contributed by atoms with van der Waals surface area (Å²) in [7, 11) is 0. The number of carbonyl (C=O) groups is 2. The lowest BCUT2D eigenvalue weighted by Crippen LogP contribution is -2.30. The Morgan fingerprint density at radius 2 is 1.85 bits per heavy atom. The number of para-hydroxylation sites is 1. The first kappa shape index (κ1) is 17.9. The molecule has 0 unspecified atom stereocenters. The minimum Gasteiger partial charge on any atom is -0.507 e. The molecule has 1 fully saturated rings. The second kappa shape index (κ2) is 8.01. The zero-order chi connectivity index (χ0) is 18.5. The van der Waals surface area contributed by atoms with Gasteiger partial charge in [0, 0.05) is 18.3 Å². The fourth-order valence-electron chi connectivity index (χ4n) is 2.42. The van der Waals surface area contributed by atoms with Crippen LogP contribution >= 0.6 is 11.8 Å². The van der Waals surface area contributed by atoms with E-state index in [0.717, 1.165) is 22.9 Å². The lowest BCUT2D eigenvalue weighted by atomic mass is 10.1. The van der Waals surface area contributed by atoms with E-state index in [2.05, 4.69) is 4.99 Å². The van der Waals surface area contributed by atoms with Gasteiger partial charge in [0.1, 0.15) is 5.75 Å². The molecule has 1 aliphatic rings. The Morgan fingerprint density at radius 3 is 2.58 bits per heavy atom. The van der Waals surface area contributed by atoms with Crippen molar-refractivity contribution in [2.24, 2.45) is 4.99 Å². The Balaban J connectivity index is 1.62. The summed E-state index contributed by atoms with van der Waals surface area (Å²) in [6, 6.07) is 14.6. The molecule has 0 atom stereocenters. The van der Waals surface area contributed by atoms with Crippen LogP contribution in [-0.4, -0.2) is 40.5 Å². The molecule has 2 aromatic rings. The van der Waals surface area contributed by atoms with E-state index in [0.29, 0.717) is 10.5 Å². The van der Waals surface area contributed by atoms with Crippen molar-refractivity contribution in [2.75, 3.05) is 13.1 Å². The second-order valence-electron chi connectivity index (χ2n) is 5.84. The summed E-state index contributed by atoms with van der Waals surface area (Å²) in [5, 5.41) is 9.39. The summed E-state index contributed by atoms with van der Waals surface area (Å²) in [6.45, 7) is 2.48. The summed E-state index contributed by atoms with van der Waals surface area (Å²) in [5.41, 5.74) is 2.62. The van der Waals surface area contributed by atoms with Gasteiger partial charge in [-0.1, -0.05) is 42.0 Å². The lowest BCUT2D eigenvalue weighted by Gasteiger charge is -2.10. The first-order valence-electron chi connectivity index (χ1n) is 8.14. The molecule has 3 rings (SSSR count). The number of phenols is 1. The predicted molar refractivity (Wildman–Crippen MR) is 104 cm³/mol. The molecule has 0 spiro atoms. The number of aliphatic imine (C=N–C) groups is 1.